The monoisotopic (exact) mass is 256 g/mol. The van der Waals surface area contributed by atoms with Gasteiger partial charge in [0.25, 0.3) is 0 Å². The Morgan fingerprint density at radius 1 is 1.26 bits per heavy atom. The van der Waals surface area contributed by atoms with Crippen LogP contribution in [0.5, 0.6) is 5.75 Å². The van der Waals surface area contributed by atoms with Crippen LogP contribution in [-0.4, -0.2) is 23.2 Å². The van der Waals surface area contributed by atoms with Crippen molar-refractivity contribution >= 4 is 0 Å². The van der Waals surface area contributed by atoms with Crippen molar-refractivity contribution in [1.82, 2.24) is 10.3 Å². The van der Waals surface area contributed by atoms with Gasteiger partial charge in [0.15, 0.2) is 0 Å². The fourth-order valence-electron chi connectivity index (χ4n) is 2.21. The van der Waals surface area contributed by atoms with Crippen LogP contribution in [0.4, 0.5) is 0 Å². The summed E-state index contributed by atoms with van der Waals surface area (Å²) >= 11 is 0. The van der Waals surface area contributed by atoms with Crippen molar-refractivity contribution in [3.05, 3.63) is 59.4 Å². The van der Waals surface area contributed by atoms with Gasteiger partial charge in [-0.15, -0.1) is 0 Å². The number of nitrogens with zero attached hydrogens (tertiary/aromatic N) is 1. The Kier molecular flexibility index (Phi) is 3.44. The summed E-state index contributed by atoms with van der Waals surface area (Å²) in [6, 6.07) is 11.3. The van der Waals surface area contributed by atoms with Crippen LogP contribution in [0.2, 0.25) is 0 Å². The molecule has 0 aliphatic carbocycles. The highest BCUT2D eigenvalue weighted by Gasteiger charge is 2.15. The zero-order valence-electron chi connectivity index (χ0n) is 10.5. The maximum absolute atomic E-state index is 10.3. The van der Waals surface area contributed by atoms with E-state index in [0.29, 0.717) is 12.3 Å². The molecule has 2 heterocycles. The van der Waals surface area contributed by atoms with E-state index in [4.69, 9.17) is 4.74 Å². The SMILES string of the molecule is OC(c1ccc2c(c1)CNCCO2)c1ccccn1. The van der Waals surface area contributed by atoms with Crippen molar-refractivity contribution in [3.63, 3.8) is 0 Å². The molecule has 4 heteroatoms. The van der Waals surface area contributed by atoms with Gasteiger partial charge < -0.3 is 15.2 Å². The summed E-state index contributed by atoms with van der Waals surface area (Å²) in [4.78, 5) is 4.19. The molecular formula is C15H16N2O2. The molecule has 1 unspecified atom stereocenters. The summed E-state index contributed by atoms with van der Waals surface area (Å²) < 4.78 is 5.63. The highest BCUT2D eigenvalue weighted by Crippen LogP contribution is 2.27. The lowest BCUT2D eigenvalue weighted by molar-refractivity contribution is 0.215. The third-order valence-corrected chi connectivity index (χ3v) is 3.22. The van der Waals surface area contributed by atoms with Crippen LogP contribution < -0.4 is 10.1 Å². The minimum atomic E-state index is -0.699. The maximum atomic E-state index is 10.3. The number of aromatic nitrogens is 1. The zero-order valence-corrected chi connectivity index (χ0v) is 10.5. The molecule has 3 rings (SSSR count). The van der Waals surface area contributed by atoms with Gasteiger partial charge in [0.05, 0.1) is 5.69 Å². The van der Waals surface area contributed by atoms with Crippen LogP contribution in [0.3, 0.4) is 0 Å². The maximum Gasteiger partial charge on any atom is 0.123 e. The van der Waals surface area contributed by atoms with Crippen molar-refractivity contribution in [2.75, 3.05) is 13.2 Å². The Labute approximate surface area is 112 Å². The predicted molar refractivity (Wildman–Crippen MR) is 71.9 cm³/mol. The van der Waals surface area contributed by atoms with Crippen molar-refractivity contribution in [3.8, 4) is 5.75 Å². The Morgan fingerprint density at radius 3 is 3.05 bits per heavy atom. The number of pyridine rings is 1. The standard InChI is InChI=1S/C15H16N2O2/c18-15(13-3-1-2-6-17-13)11-4-5-14-12(9-11)10-16-7-8-19-14/h1-6,9,15-16,18H,7-8,10H2. The van der Waals surface area contributed by atoms with E-state index in [-0.39, 0.29) is 0 Å². The lowest BCUT2D eigenvalue weighted by atomic mass is 10.0. The smallest absolute Gasteiger partial charge is 0.123 e. The highest BCUT2D eigenvalue weighted by molar-refractivity contribution is 5.40. The first kappa shape index (κ1) is 12.1. The molecule has 1 aromatic heterocycles. The number of hydrogen-bond acceptors (Lipinski definition) is 4. The minimum absolute atomic E-state index is 0.657. The van der Waals surface area contributed by atoms with Crippen LogP contribution >= 0.6 is 0 Å². The summed E-state index contributed by atoms with van der Waals surface area (Å²) in [7, 11) is 0. The largest absolute Gasteiger partial charge is 0.492 e. The average Bonchev–Trinajstić information content (AvgIpc) is 2.72. The number of benzene rings is 1. The first-order valence-electron chi connectivity index (χ1n) is 6.40. The van der Waals surface area contributed by atoms with E-state index in [1.54, 1.807) is 6.20 Å². The molecule has 0 amide bonds. The van der Waals surface area contributed by atoms with Gasteiger partial charge in [0.2, 0.25) is 0 Å². The van der Waals surface area contributed by atoms with Crippen molar-refractivity contribution in [2.24, 2.45) is 0 Å². The Bertz CT molecular complexity index is 557. The third-order valence-electron chi connectivity index (χ3n) is 3.22. The van der Waals surface area contributed by atoms with E-state index in [1.165, 1.54) is 0 Å². The Hall–Kier alpha value is -1.91. The molecule has 98 valence electrons. The average molecular weight is 256 g/mol. The lowest BCUT2D eigenvalue weighted by Crippen LogP contribution is -2.16. The van der Waals surface area contributed by atoms with Gasteiger partial charge in [-0.2, -0.15) is 0 Å². The Balaban J connectivity index is 1.91. The molecule has 0 fully saturated rings. The van der Waals surface area contributed by atoms with Crippen LogP contribution in [-0.2, 0) is 6.54 Å². The molecule has 1 aliphatic rings. The Morgan fingerprint density at radius 2 is 2.21 bits per heavy atom. The second-order valence-electron chi connectivity index (χ2n) is 4.55. The fraction of sp³-hybridized carbons (Fsp3) is 0.267. The van der Waals surface area contributed by atoms with Gasteiger partial charge in [-0.3, -0.25) is 4.98 Å². The van der Waals surface area contributed by atoms with Crippen molar-refractivity contribution in [1.29, 1.82) is 0 Å². The van der Waals surface area contributed by atoms with Crippen LogP contribution in [0, 0.1) is 0 Å². The number of ether oxygens (including phenoxy) is 1. The van der Waals surface area contributed by atoms with Gasteiger partial charge >= 0.3 is 0 Å². The van der Waals surface area contributed by atoms with E-state index in [1.807, 2.05) is 36.4 Å². The molecule has 0 saturated carbocycles. The second-order valence-corrected chi connectivity index (χ2v) is 4.55. The number of nitrogens with one attached hydrogen (secondary N) is 1. The summed E-state index contributed by atoms with van der Waals surface area (Å²) in [6.45, 7) is 2.28. The van der Waals surface area contributed by atoms with E-state index in [9.17, 15) is 5.11 Å². The molecule has 0 radical (unpaired) electrons. The fourth-order valence-corrected chi connectivity index (χ4v) is 2.21. The number of hydrogen-bond donors (Lipinski definition) is 2. The van der Waals surface area contributed by atoms with E-state index < -0.39 is 6.10 Å². The number of aliphatic hydroxyl groups is 1. The van der Waals surface area contributed by atoms with Gasteiger partial charge in [0, 0.05) is 24.8 Å². The topological polar surface area (TPSA) is 54.4 Å². The first-order chi connectivity index (χ1) is 9.34. The summed E-state index contributed by atoms with van der Waals surface area (Å²) in [6.07, 6.45) is 0.988. The number of aliphatic hydroxyl groups excluding tert-OH is 1. The van der Waals surface area contributed by atoms with Gasteiger partial charge in [-0.1, -0.05) is 12.1 Å². The zero-order chi connectivity index (χ0) is 13.1. The van der Waals surface area contributed by atoms with E-state index >= 15 is 0 Å². The van der Waals surface area contributed by atoms with Crippen LogP contribution in [0.1, 0.15) is 22.9 Å². The molecule has 2 aromatic rings. The predicted octanol–water partition coefficient (Wildman–Crippen LogP) is 1.65. The third kappa shape index (κ3) is 2.59. The normalized spacial score (nSPS) is 16.1. The molecular weight excluding hydrogens is 240 g/mol. The quantitative estimate of drug-likeness (QED) is 0.857. The van der Waals surface area contributed by atoms with Gasteiger partial charge in [-0.05, 0) is 29.8 Å². The van der Waals surface area contributed by atoms with Crippen LogP contribution in [0.15, 0.2) is 42.6 Å². The minimum Gasteiger partial charge on any atom is -0.492 e. The van der Waals surface area contributed by atoms with Crippen molar-refractivity contribution in [2.45, 2.75) is 12.6 Å². The second kappa shape index (κ2) is 5.38. The summed E-state index contributed by atoms with van der Waals surface area (Å²) in [5, 5.41) is 13.6. The molecule has 1 aromatic carbocycles. The van der Waals surface area contributed by atoms with Crippen molar-refractivity contribution < 1.29 is 9.84 Å². The molecule has 19 heavy (non-hydrogen) atoms. The molecule has 0 spiro atoms. The van der Waals surface area contributed by atoms with Gasteiger partial charge in [0.1, 0.15) is 18.5 Å². The highest BCUT2D eigenvalue weighted by atomic mass is 16.5. The summed E-state index contributed by atoms with van der Waals surface area (Å²) in [5.41, 5.74) is 2.57. The van der Waals surface area contributed by atoms with E-state index in [0.717, 1.165) is 30.0 Å². The molecule has 2 N–H and O–H groups in total. The van der Waals surface area contributed by atoms with E-state index in [2.05, 4.69) is 10.3 Å². The number of rotatable bonds is 2. The number of fused-ring (bicyclic) bond motifs is 1. The molecule has 0 bridgehead atoms. The molecule has 0 saturated heterocycles. The first-order valence-corrected chi connectivity index (χ1v) is 6.40. The van der Waals surface area contributed by atoms with Crippen LogP contribution in [0.25, 0.3) is 0 Å². The summed E-state index contributed by atoms with van der Waals surface area (Å²) in [5.74, 6) is 0.891. The molecule has 1 atom stereocenters. The molecule has 4 nitrogen and oxygen atoms in total. The molecule has 1 aliphatic heterocycles. The lowest BCUT2D eigenvalue weighted by Gasteiger charge is -2.13. The van der Waals surface area contributed by atoms with Gasteiger partial charge in [-0.25, -0.2) is 0 Å².